The molecule has 0 aliphatic carbocycles. The van der Waals surface area contributed by atoms with E-state index >= 15 is 0 Å². The lowest BCUT2D eigenvalue weighted by molar-refractivity contribution is 0.354. The van der Waals surface area contributed by atoms with E-state index in [0.29, 0.717) is 16.3 Å². The van der Waals surface area contributed by atoms with Crippen molar-refractivity contribution < 1.29 is 8.42 Å². The smallest absolute Gasteiger partial charge is 0.266 e. The Kier molecular flexibility index (Phi) is 4.45. The van der Waals surface area contributed by atoms with E-state index in [-0.39, 0.29) is 10.8 Å². The molecule has 2 aliphatic rings. The Bertz CT molecular complexity index is 1310. The summed E-state index contributed by atoms with van der Waals surface area (Å²) in [4.78, 5) is 0.198. The first-order valence-electron chi connectivity index (χ1n) is 9.96. The SMILES string of the molecule is C=C[C@@H]1c2ccccc2N[C@@H]2N(S(=O)(=O)c3ccc(C)cc3)c3cc(Cl)ccc3[C@]12N. The van der Waals surface area contributed by atoms with Gasteiger partial charge in [0.25, 0.3) is 10.0 Å². The molecule has 0 bridgehead atoms. The molecule has 158 valence electrons. The van der Waals surface area contributed by atoms with Gasteiger partial charge in [0.2, 0.25) is 0 Å². The monoisotopic (exact) mass is 451 g/mol. The van der Waals surface area contributed by atoms with Crippen molar-refractivity contribution in [2.75, 3.05) is 9.62 Å². The van der Waals surface area contributed by atoms with Crippen molar-refractivity contribution in [1.82, 2.24) is 0 Å². The van der Waals surface area contributed by atoms with Crippen molar-refractivity contribution in [3.8, 4) is 0 Å². The van der Waals surface area contributed by atoms with Gasteiger partial charge in [0.05, 0.1) is 16.1 Å². The summed E-state index contributed by atoms with van der Waals surface area (Å²) in [6.45, 7) is 5.95. The molecule has 0 unspecified atom stereocenters. The minimum Gasteiger partial charge on any atom is -0.362 e. The molecule has 5 nitrogen and oxygen atoms in total. The summed E-state index contributed by atoms with van der Waals surface area (Å²) in [5.41, 5.74) is 10.0. The van der Waals surface area contributed by atoms with E-state index in [9.17, 15) is 8.42 Å². The van der Waals surface area contributed by atoms with Gasteiger partial charge in [-0.2, -0.15) is 0 Å². The molecule has 0 saturated carbocycles. The van der Waals surface area contributed by atoms with Crippen molar-refractivity contribution in [2.24, 2.45) is 5.73 Å². The van der Waals surface area contributed by atoms with Crippen LogP contribution in [0.5, 0.6) is 0 Å². The first-order valence-corrected chi connectivity index (χ1v) is 11.8. The normalized spacial score (nSPS) is 24.0. The van der Waals surface area contributed by atoms with E-state index in [2.05, 4.69) is 11.9 Å². The number of nitrogens with one attached hydrogen (secondary N) is 1. The third-order valence-corrected chi connectivity index (χ3v) is 8.30. The minimum absolute atomic E-state index is 0.198. The van der Waals surface area contributed by atoms with Crippen LogP contribution in [-0.2, 0) is 15.6 Å². The lowest BCUT2D eigenvalue weighted by atomic mass is 9.72. The molecule has 0 saturated heterocycles. The number of para-hydroxylation sites is 1. The minimum atomic E-state index is -3.93. The maximum Gasteiger partial charge on any atom is 0.266 e. The van der Waals surface area contributed by atoms with Crippen LogP contribution in [0.15, 0.2) is 84.3 Å². The summed E-state index contributed by atoms with van der Waals surface area (Å²) in [6.07, 6.45) is 1.05. The number of nitrogens with two attached hydrogens (primary N) is 1. The van der Waals surface area contributed by atoms with Crippen molar-refractivity contribution in [2.45, 2.75) is 29.4 Å². The molecule has 0 radical (unpaired) electrons. The van der Waals surface area contributed by atoms with Gasteiger partial charge in [0, 0.05) is 22.2 Å². The highest BCUT2D eigenvalue weighted by Crippen LogP contribution is 2.55. The van der Waals surface area contributed by atoms with E-state index < -0.39 is 21.7 Å². The maximum absolute atomic E-state index is 13.9. The number of sulfonamides is 1. The number of fused-ring (bicyclic) bond motifs is 4. The molecule has 0 spiro atoms. The fourth-order valence-electron chi connectivity index (χ4n) is 4.77. The number of hydrogen-bond donors (Lipinski definition) is 2. The van der Waals surface area contributed by atoms with Crippen LogP contribution >= 0.6 is 11.6 Å². The molecular weight excluding hydrogens is 430 g/mol. The van der Waals surface area contributed by atoms with Gasteiger partial charge in [0.15, 0.2) is 0 Å². The summed E-state index contributed by atoms with van der Waals surface area (Å²) < 4.78 is 29.2. The lowest BCUT2D eigenvalue weighted by Crippen LogP contribution is -2.61. The van der Waals surface area contributed by atoms with Crippen molar-refractivity contribution in [3.05, 3.63) is 101 Å². The van der Waals surface area contributed by atoms with E-state index in [4.69, 9.17) is 17.3 Å². The van der Waals surface area contributed by atoms with Crippen LogP contribution < -0.4 is 15.4 Å². The van der Waals surface area contributed by atoms with Crippen molar-refractivity contribution in [1.29, 1.82) is 0 Å². The molecule has 5 rings (SSSR count). The van der Waals surface area contributed by atoms with Crippen LogP contribution in [0.1, 0.15) is 22.6 Å². The fraction of sp³-hybridized carbons (Fsp3) is 0.167. The summed E-state index contributed by atoms with van der Waals surface area (Å²) in [5, 5.41) is 3.84. The van der Waals surface area contributed by atoms with Gasteiger partial charge < -0.3 is 11.1 Å². The third kappa shape index (κ3) is 2.75. The highest BCUT2D eigenvalue weighted by Gasteiger charge is 2.58. The van der Waals surface area contributed by atoms with Gasteiger partial charge in [-0.05, 0) is 42.8 Å². The second-order valence-electron chi connectivity index (χ2n) is 8.06. The second-order valence-corrected chi connectivity index (χ2v) is 10.3. The van der Waals surface area contributed by atoms with E-state index in [1.807, 2.05) is 37.3 Å². The Balaban J connectivity index is 1.78. The molecule has 7 heteroatoms. The average Bonchev–Trinajstić information content (AvgIpc) is 3.00. The Labute approximate surface area is 187 Å². The van der Waals surface area contributed by atoms with Crippen LogP contribution in [-0.4, -0.2) is 14.6 Å². The van der Waals surface area contributed by atoms with Crippen LogP contribution in [0.3, 0.4) is 0 Å². The van der Waals surface area contributed by atoms with Crippen LogP contribution in [0, 0.1) is 6.92 Å². The standard InChI is InChI=1S/C24H22ClN3O2S/c1-3-19-18-6-4-5-7-21(18)27-23-24(19,26)20-13-10-16(25)14-22(20)28(23)31(29,30)17-11-8-15(2)9-12-17/h3-14,19,23,27H,1,26H2,2H3/t19-,23-,24-/m1/s1. The summed E-state index contributed by atoms with van der Waals surface area (Å²) in [5.74, 6) is -0.298. The zero-order chi connectivity index (χ0) is 22.0. The Hall–Kier alpha value is -2.80. The second kappa shape index (κ2) is 6.85. The molecule has 0 amide bonds. The predicted octanol–water partition coefficient (Wildman–Crippen LogP) is 4.73. The first kappa shape index (κ1) is 20.1. The Morgan fingerprint density at radius 3 is 2.55 bits per heavy atom. The average molecular weight is 452 g/mol. The highest BCUT2D eigenvalue weighted by molar-refractivity contribution is 7.93. The molecule has 31 heavy (non-hydrogen) atoms. The molecular formula is C24H22ClN3O2S. The molecule has 0 aromatic heterocycles. The Morgan fingerprint density at radius 1 is 1.13 bits per heavy atom. The van der Waals surface area contributed by atoms with Crippen LogP contribution in [0.25, 0.3) is 0 Å². The molecule has 2 heterocycles. The van der Waals surface area contributed by atoms with Gasteiger partial charge in [-0.1, -0.05) is 59.6 Å². The highest BCUT2D eigenvalue weighted by atomic mass is 35.5. The van der Waals surface area contributed by atoms with Crippen LogP contribution in [0.4, 0.5) is 11.4 Å². The fourth-order valence-corrected chi connectivity index (χ4v) is 6.56. The van der Waals surface area contributed by atoms with Gasteiger partial charge in [-0.3, -0.25) is 0 Å². The van der Waals surface area contributed by atoms with Crippen molar-refractivity contribution >= 4 is 33.0 Å². The number of halogens is 1. The summed E-state index contributed by atoms with van der Waals surface area (Å²) >= 11 is 6.30. The van der Waals surface area contributed by atoms with E-state index in [0.717, 1.165) is 16.8 Å². The topological polar surface area (TPSA) is 75.4 Å². The van der Waals surface area contributed by atoms with Crippen LogP contribution in [0.2, 0.25) is 5.02 Å². The number of rotatable bonds is 3. The van der Waals surface area contributed by atoms with Gasteiger partial charge in [0.1, 0.15) is 6.17 Å². The quantitative estimate of drug-likeness (QED) is 0.564. The van der Waals surface area contributed by atoms with Gasteiger partial charge >= 0.3 is 0 Å². The zero-order valence-corrected chi connectivity index (χ0v) is 18.5. The van der Waals surface area contributed by atoms with E-state index in [1.54, 1.807) is 42.5 Å². The number of nitrogens with zero attached hydrogens (tertiary/aromatic N) is 1. The number of aryl methyl sites for hydroxylation is 1. The number of benzene rings is 3. The molecule has 2 aliphatic heterocycles. The molecule has 3 aromatic carbocycles. The van der Waals surface area contributed by atoms with E-state index in [1.165, 1.54) is 4.31 Å². The summed E-state index contributed by atoms with van der Waals surface area (Å²) in [6, 6.07) is 19.8. The third-order valence-electron chi connectivity index (χ3n) is 6.27. The van der Waals surface area contributed by atoms with Gasteiger partial charge in [-0.15, -0.1) is 6.58 Å². The number of anilines is 2. The first-order chi connectivity index (χ1) is 14.8. The molecule has 0 fully saturated rings. The molecule has 3 N–H and O–H groups in total. The lowest BCUT2D eigenvalue weighted by Gasteiger charge is -2.45. The summed E-state index contributed by atoms with van der Waals surface area (Å²) in [7, 11) is -3.93. The van der Waals surface area contributed by atoms with Gasteiger partial charge in [-0.25, -0.2) is 12.7 Å². The van der Waals surface area contributed by atoms with Crippen molar-refractivity contribution in [3.63, 3.8) is 0 Å². The largest absolute Gasteiger partial charge is 0.362 e. The zero-order valence-electron chi connectivity index (χ0n) is 16.9. The Morgan fingerprint density at radius 2 is 1.84 bits per heavy atom. The molecule has 3 aromatic rings. The molecule has 3 atom stereocenters. The predicted molar refractivity (Wildman–Crippen MR) is 125 cm³/mol. The number of hydrogen-bond acceptors (Lipinski definition) is 4. The maximum atomic E-state index is 13.9.